The maximum absolute atomic E-state index is 13.6. The second kappa shape index (κ2) is 13.4. The Kier molecular flexibility index (Phi) is 10.2. The maximum atomic E-state index is 13.6. The molecule has 6 nitrogen and oxygen atoms in total. The van der Waals surface area contributed by atoms with Crippen LogP contribution in [0.25, 0.3) is 0 Å². The molecule has 1 aliphatic rings. The Morgan fingerprint density at radius 1 is 0.975 bits per heavy atom. The third kappa shape index (κ3) is 7.78. The van der Waals surface area contributed by atoms with Gasteiger partial charge in [-0.1, -0.05) is 66.0 Å². The molecule has 0 spiro atoms. The number of ether oxygens (including phenoxy) is 1. The summed E-state index contributed by atoms with van der Waals surface area (Å²) in [5, 5.41) is 0.856. The van der Waals surface area contributed by atoms with E-state index in [1.807, 2.05) is 55.1 Å². The van der Waals surface area contributed by atoms with Crippen LogP contribution in [0.2, 0.25) is 10.0 Å². The van der Waals surface area contributed by atoms with Crippen LogP contribution in [0.3, 0.4) is 0 Å². The largest absolute Gasteiger partial charge is 0.491 e. The number of carbonyl (C=O) groups excluding carboxylic acids is 1. The lowest BCUT2D eigenvalue weighted by molar-refractivity contribution is -0.131. The van der Waals surface area contributed by atoms with Gasteiger partial charge in [0.1, 0.15) is 5.75 Å². The fourth-order valence-electron chi connectivity index (χ4n) is 5.20. The van der Waals surface area contributed by atoms with Crippen molar-refractivity contribution in [2.75, 3.05) is 19.7 Å². The second-order valence-electron chi connectivity index (χ2n) is 10.5. The SMILES string of the molecule is CC(C)Oc1cccc(CC(=O)N2CCCCC(CCOS(=O)(=O)c3ccccc3)(c3ccc(Cl)c(Cl)c3)C2)c1. The Bertz CT molecular complexity index is 1410. The van der Waals surface area contributed by atoms with Crippen molar-refractivity contribution >= 4 is 39.2 Å². The third-order valence-electron chi connectivity index (χ3n) is 7.19. The van der Waals surface area contributed by atoms with Crippen LogP contribution in [0.4, 0.5) is 0 Å². The van der Waals surface area contributed by atoms with Crippen LogP contribution in [0.15, 0.2) is 77.7 Å². The van der Waals surface area contributed by atoms with E-state index in [1.165, 1.54) is 12.1 Å². The second-order valence-corrected chi connectivity index (χ2v) is 12.9. The highest BCUT2D eigenvalue weighted by atomic mass is 35.5. The molecular formula is C31H35Cl2NO5S. The lowest BCUT2D eigenvalue weighted by Gasteiger charge is -2.37. The van der Waals surface area contributed by atoms with Crippen molar-refractivity contribution in [2.24, 2.45) is 0 Å². The number of amides is 1. The standard InChI is InChI=1S/C31H35Cl2NO5S/c1-23(2)39-26-10-8-9-24(19-26)20-30(35)34-17-7-6-15-31(22-34,25-13-14-28(32)29(33)21-25)16-18-38-40(36,37)27-11-4-3-5-12-27/h3-5,8-14,19,21,23H,6-7,15-18,20,22H2,1-2H3. The van der Waals surface area contributed by atoms with E-state index < -0.39 is 15.5 Å². The zero-order chi connectivity index (χ0) is 28.8. The minimum atomic E-state index is -3.92. The Morgan fingerprint density at radius 2 is 1.75 bits per heavy atom. The molecule has 4 rings (SSSR count). The first kappa shape index (κ1) is 30.4. The van der Waals surface area contributed by atoms with Crippen molar-refractivity contribution < 1.29 is 22.1 Å². The number of carbonyl (C=O) groups is 1. The Morgan fingerprint density at radius 3 is 2.48 bits per heavy atom. The molecule has 1 unspecified atom stereocenters. The van der Waals surface area contributed by atoms with Crippen molar-refractivity contribution in [3.05, 3.63) is 94.0 Å². The van der Waals surface area contributed by atoms with Crippen LogP contribution in [0, 0.1) is 0 Å². The molecule has 214 valence electrons. The van der Waals surface area contributed by atoms with Gasteiger partial charge in [-0.25, -0.2) is 0 Å². The molecule has 3 aromatic carbocycles. The molecule has 0 aliphatic carbocycles. The first-order valence-electron chi connectivity index (χ1n) is 13.5. The van der Waals surface area contributed by atoms with Crippen molar-refractivity contribution in [2.45, 2.75) is 62.4 Å². The van der Waals surface area contributed by atoms with Crippen LogP contribution in [-0.2, 0) is 30.9 Å². The van der Waals surface area contributed by atoms with E-state index in [0.29, 0.717) is 29.6 Å². The highest BCUT2D eigenvalue weighted by Gasteiger charge is 2.38. The first-order chi connectivity index (χ1) is 19.1. The van der Waals surface area contributed by atoms with E-state index in [-0.39, 0.29) is 29.9 Å². The number of halogens is 2. The molecule has 1 fully saturated rings. The molecule has 0 saturated carbocycles. The molecule has 0 aromatic heterocycles. The van der Waals surface area contributed by atoms with Crippen LogP contribution in [-0.4, -0.2) is 45.0 Å². The monoisotopic (exact) mass is 603 g/mol. The van der Waals surface area contributed by atoms with Crippen molar-refractivity contribution in [3.8, 4) is 5.75 Å². The topological polar surface area (TPSA) is 72.9 Å². The van der Waals surface area contributed by atoms with Crippen molar-refractivity contribution in [1.29, 1.82) is 0 Å². The van der Waals surface area contributed by atoms with Gasteiger partial charge in [0.05, 0.1) is 34.1 Å². The predicted octanol–water partition coefficient (Wildman–Crippen LogP) is 7.07. The first-order valence-corrected chi connectivity index (χ1v) is 15.7. The molecule has 1 heterocycles. The number of nitrogens with zero attached hydrogens (tertiary/aromatic N) is 1. The van der Waals surface area contributed by atoms with Gasteiger partial charge in [0, 0.05) is 18.5 Å². The number of rotatable bonds is 10. The fraction of sp³-hybridized carbons (Fsp3) is 0.387. The van der Waals surface area contributed by atoms with E-state index in [4.69, 9.17) is 32.1 Å². The van der Waals surface area contributed by atoms with Gasteiger partial charge < -0.3 is 9.64 Å². The zero-order valence-corrected chi connectivity index (χ0v) is 25.1. The third-order valence-corrected chi connectivity index (χ3v) is 9.25. The van der Waals surface area contributed by atoms with Crippen molar-refractivity contribution in [1.82, 2.24) is 4.90 Å². The summed E-state index contributed by atoms with van der Waals surface area (Å²) in [7, 11) is -3.92. The molecule has 1 amide bonds. The molecular weight excluding hydrogens is 569 g/mol. The molecule has 0 bridgehead atoms. The van der Waals surface area contributed by atoms with Crippen LogP contribution in [0.5, 0.6) is 5.75 Å². The van der Waals surface area contributed by atoms with Gasteiger partial charge in [-0.15, -0.1) is 0 Å². The van der Waals surface area contributed by atoms with E-state index in [9.17, 15) is 13.2 Å². The van der Waals surface area contributed by atoms with E-state index in [2.05, 4.69) is 0 Å². The van der Waals surface area contributed by atoms with Crippen LogP contribution >= 0.6 is 23.2 Å². The lowest BCUT2D eigenvalue weighted by atomic mass is 9.74. The molecule has 3 aromatic rings. The Labute approximate surface area is 247 Å². The van der Waals surface area contributed by atoms with Gasteiger partial charge >= 0.3 is 0 Å². The number of likely N-dealkylation sites (tertiary alicyclic amines) is 1. The molecule has 1 atom stereocenters. The summed E-state index contributed by atoms with van der Waals surface area (Å²) in [5.41, 5.74) is 1.23. The maximum Gasteiger partial charge on any atom is 0.296 e. The van der Waals surface area contributed by atoms with Gasteiger partial charge in [0.2, 0.25) is 5.91 Å². The zero-order valence-electron chi connectivity index (χ0n) is 22.8. The molecule has 1 saturated heterocycles. The minimum absolute atomic E-state index is 0.00542. The van der Waals surface area contributed by atoms with E-state index in [0.717, 1.165) is 36.1 Å². The highest BCUT2D eigenvalue weighted by Crippen LogP contribution is 2.39. The van der Waals surface area contributed by atoms with Crippen LogP contribution in [0.1, 0.15) is 50.7 Å². The lowest BCUT2D eigenvalue weighted by Crippen LogP contribution is -2.44. The predicted molar refractivity (Wildman–Crippen MR) is 159 cm³/mol. The van der Waals surface area contributed by atoms with Gasteiger partial charge in [0.25, 0.3) is 10.1 Å². The highest BCUT2D eigenvalue weighted by molar-refractivity contribution is 7.86. The smallest absolute Gasteiger partial charge is 0.296 e. The summed E-state index contributed by atoms with van der Waals surface area (Å²) in [6, 6.07) is 21.2. The summed E-state index contributed by atoms with van der Waals surface area (Å²) in [4.78, 5) is 15.6. The molecule has 40 heavy (non-hydrogen) atoms. The fourth-order valence-corrected chi connectivity index (χ4v) is 6.43. The number of benzene rings is 3. The van der Waals surface area contributed by atoms with Gasteiger partial charge in [-0.3, -0.25) is 8.98 Å². The summed E-state index contributed by atoms with van der Waals surface area (Å²) >= 11 is 12.7. The Balaban J connectivity index is 1.57. The van der Waals surface area contributed by atoms with E-state index in [1.54, 1.807) is 24.3 Å². The summed E-state index contributed by atoms with van der Waals surface area (Å²) < 4.78 is 36.9. The normalized spacial score (nSPS) is 18.0. The summed E-state index contributed by atoms with van der Waals surface area (Å²) in [6.45, 7) is 4.93. The van der Waals surface area contributed by atoms with Gasteiger partial charge in [0.15, 0.2) is 0 Å². The molecule has 0 radical (unpaired) electrons. The molecule has 1 aliphatic heterocycles. The molecule has 0 N–H and O–H groups in total. The average Bonchev–Trinajstić information content (AvgIpc) is 3.14. The Hall–Kier alpha value is -2.58. The minimum Gasteiger partial charge on any atom is -0.491 e. The summed E-state index contributed by atoms with van der Waals surface area (Å²) in [6.07, 6.45) is 3.13. The van der Waals surface area contributed by atoms with E-state index >= 15 is 0 Å². The number of hydrogen-bond donors (Lipinski definition) is 0. The molecule has 9 heteroatoms. The summed E-state index contributed by atoms with van der Waals surface area (Å²) in [5.74, 6) is 0.740. The average molecular weight is 605 g/mol. The van der Waals surface area contributed by atoms with Gasteiger partial charge in [-0.2, -0.15) is 8.42 Å². The van der Waals surface area contributed by atoms with Crippen LogP contribution < -0.4 is 4.74 Å². The van der Waals surface area contributed by atoms with Gasteiger partial charge in [-0.05, 0) is 80.6 Å². The number of hydrogen-bond acceptors (Lipinski definition) is 5. The quantitative estimate of drug-likeness (QED) is 0.232. The van der Waals surface area contributed by atoms with Crippen molar-refractivity contribution in [3.63, 3.8) is 0 Å².